The number of carbonyl (C=O) groups excluding carboxylic acids is 2. The summed E-state index contributed by atoms with van der Waals surface area (Å²) in [6.07, 6.45) is 3.70. The first-order chi connectivity index (χ1) is 14.4. The topological polar surface area (TPSA) is 56.3 Å². The quantitative estimate of drug-likeness (QED) is 0.507. The maximum absolute atomic E-state index is 13.5. The maximum atomic E-state index is 13.5. The number of aromatic nitrogens is 1. The van der Waals surface area contributed by atoms with Crippen LogP contribution in [0.3, 0.4) is 0 Å². The summed E-state index contributed by atoms with van der Waals surface area (Å²) in [4.78, 5) is 30.1. The molecule has 2 aromatic rings. The summed E-state index contributed by atoms with van der Waals surface area (Å²) in [6.45, 7) is 7.68. The number of esters is 1. The fourth-order valence-corrected chi connectivity index (χ4v) is 4.02. The zero-order valence-electron chi connectivity index (χ0n) is 18.0. The van der Waals surface area contributed by atoms with Crippen LogP contribution < -0.4 is 0 Å². The summed E-state index contributed by atoms with van der Waals surface area (Å²) < 4.78 is 5.72. The van der Waals surface area contributed by atoms with E-state index in [1.807, 2.05) is 51.1 Å². The lowest BCUT2D eigenvalue weighted by Gasteiger charge is -2.14. The Bertz CT molecular complexity index is 1030. The van der Waals surface area contributed by atoms with Crippen LogP contribution in [0.5, 0.6) is 0 Å². The first kappa shape index (κ1) is 21.5. The van der Waals surface area contributed by atoms with Gasteiger partial charge in [-0.3, -0.25) is 14.6 Å². The minimum atomic E-state index is -0.292. The van der Waals surface area contributed by atoms with Gasteiger partial charge in [0.2, 0.25) is 0 Å². The van der Waals surface area contributed by atoms with Crippen molar-refractivity contribution in [3.63, 3.8) is 0 Å². The number of nitrogens with zero attached hydrogens (tertiary/aromatic N) is 1. The largest absolute Gasteiger partial charge is 0.430 e. The second-order valence-corrected chi connectivity index (χ2v) is 7.67. The van der Waals surface area contributed by atoms with E-state index >= 15 is 0 Å². The number of hydrogen-bond acceptors (Lipinski definition) is 4. The summed E-state index contributed by atoms with van der Waals surface area (Å²) in [7, 11) is 0. The van der Waals surface area contributed by atoms with E-state index in [0.29, 0.717) is 37.0 Å². The molecule has 0 aliphatic heterocycles. The normalized spacial score (nSPS) is 15.7. The highest BCUT2D eigenvalue weighted by molar-refractivity contribution is 6.25. The molecule has 1 aromatic heterocycles. The molecule has 0 saturated carbocycles. The van der Waals surface area contributed by atoms with E-state index in [-0.39, 0.29) is 17.7 Å². The van der Waals surface area contributed by atoms with Gasteiger partial charge in [-0.1, -0.05) is 18.9 Å². The van der Waals surface area contributed by atoms with Gasteiger partial charge in [0.15, 0.2) is 5.78 Å². The molecule has 4 heteroatoms. The van der Waals surface area contributed by atoms with Crippen molar-refractivity contribution in [3.8, 4) is 11.8 Å². The van der Waals surface area contributed by atoms with E-state index in [1.54, 1.807) is 13.1 Å². The van der Waals surface area contributed by atoms with Gasteiger partial charge in [0.1, 0.15) is 5.76 Å². The average molecular weight is 402 g/mol. The third-order valence-electron chi connectivity index (χ3n) is 5.25. The highest BCUT2D eigenvalue weighted by Gasteiger charge is 2.37. The van der Waals surface area contributed by atoms with Crippen LogP contribution in [0.15, 0.2) is 42.3 Å². The molecule has 30 heavy (non-hydrogen) atoms. The van der Waals surface area contributed by atoms with Gasteiger partial charge in [0.25, 0.3) is 0 Å². The Hall–Kier alpha value is -3.19. The van der Waals surface area contributed by atoms with Crippen LogP contribution in [0.25, 0.3) is 5.57 Å². The first-order valence-corrected chi connectivity index (χ1v) is 10.4. The van der Waals surface area contributed by atoms with Gasteiger partial charge in [-0.2, -0.15) is 0 Å². The zero-order chi connectivity index (χ0) is 21.7. The van der Waals surface area contributed by atoms with Crippen molar-refractivity contribution in [1.82, 2.24) is 4.98 Å². The van der Waals surface area contributed by atoms with Crippen LogP contribution in [0.4, 0.5) is 0 Å². The van der Waals surface area contributed by atoms with Crippen molar-refractivity contribution in [2.75, 3.05) is 0 Å². The Labute approximate surface area is 178 Å². The smallest absolute Gasteiger partial charge is 0.310 e. The van der Waals surface area contributed by atoms with Crippen LogP contribution in [-0.4, -0.2) is 16.7 Å². The molecular formula is C26H27NO3. The predicted octanol–water partition coefficient (Wildman–Crippen LogP) is 4.96. The number of carbonyl (C=O) groups is 2. The number of Topliss-reactive ketones (excluding diaryl/α,β-unsaturated/α-hetero) is 1. The van der Waals surface area contributed by atoms with E-state index in [2.05, 4.69) is 16.8 Å². The number of pyridine rings is 1. The Kier molecular flexibility index (Phi) is 6.84. The number of hydrogen-bond donors (Lipinski definition) is 0. The summed E-state index contributed by atoms with van der Waals surface area (Å²) in [5.41, 5.74) is 5.07. The molecule has 1 aliphatic carbocycles. The van der Waals surface area contributed by atoms with Gasteiger partial charge < -0.3 is 4.74 Å². The van der Waals surface area contributed by atoms with E-state index in [1.165, 1.54) is 0 Å². The fraction of sp³-hybridized carbons (Fsp3) is 0.346. The molecule has 1 heterocycles. The standard InChI is InChI=1S/C26H27NO3/c1-5-9-19-13-17(3)24(18(4)14-19)25-22(30-23(28)10-6-2)16-20(26(25)29)15-21-11-7-8-12-27-21/h7-8,11-14,20H,6,10,15-16H2,1-4H3. The zero-order valence-corrected chi connectivity index (χ0v) is 18.0. The third-order valence-corrected chi connectivity index (χ3v) is 5.25. The van der Waals surface area contributed by atoms with Crippen LogP contribution in [0.2, 0.25) is 0 Å². The van der Waals surface area contributed by atoms with Crippen LogP contribution in [0, 0.1) is 31.6 Å². The minimum absolute atomic E-state index is 0.0143. The molecule has 0 spiro atoms. The van der Waals surface area contributed by atoms with Gasteiger partial charge >= 0.3 is 5.97 Å². The van der Waals surface area contributed by atoms with Gasteiger partial charge in [-0.25, -0.2) is 0 Å². The average Bonchev–Trinajstić information content (AvgIpc) is 2.98. The minimum Gasteiger partial charge on any atom is -0.430 e. The van der Waals surface area contributed by atoms with Gasteiger partial charge in [-0.15, -0.1) is 5.92 Å². The molecule has 154 valence electrons. The number of benzene rings is 1. The van der Waals surface area contributed by atoms with E-state index in [9.17, 15) is 9.59 Å². The second kappa shape index (κ2) is 9.54. The molecule has 4 nitrogen and oxygen atoms in total. The lowest BCUT2D eigenvalue weighted by Crippen LogP contribution is -2.14. The van der Waals surface area contributed by atoms with Gasteiger partial charge in [0.05, 0.1) is 5.57 Å². The SMILES string of the molecule is CC#Cc1cc(C)c(C2=C(OC(=O)CCC)CC(Cc3ccccn3)C2=O)c(C)c1. The van der Waals surface area contributed by atoms with Crippen LogP contribution in [-0.2, 0) is 20.7 Å². The van der Waals surface area contributed by atoms with Gasteiger partial charge in [0, 0.05) is 42.6 Å². The molecule has 0 radical (unpaired) electrons. The molecule has 1 atom stereocenters. The Balaban J connectivity index is 2.02. The second-order valence-electron chi connectivity index (χ2n) is 7.67. The van der Waals surface area contributed by atoms with Gasteiger partial charge in [-0.05, 0) is 68.1 Å². The molecule has 0 bridgehead atoms. The van der Waals surface area contributed by atoms with Crippen molar-refractivity contribution in [2.24, 2.45) is 5.92 Å². The first-order valence-electron chi connectivity index (χ1n) is 10.4. The fourth-order valence-electron chi connectivity index (χ4n) is 4.02. The molecule has 3 rings (SSSR count). The van der Waals surface area contributed by atoms with Crippen molar-refractivity contribution >= 4 is 17.3 Å². The van der Waals surface area contributed by atoms with Crippen LogP contribution in [0.1, 0.15) is 61.1 Å². The molecule has 0 amide bonds. The number of rotatable bonds is 6. The number of allylic oxidation sites excluding steroid dienone is 2. The molecule has 0 saturated heterocycles. The van der Waals surface area contributed by atoms with Crippen molar-refractivity contribution in [3.05, 3.63) is 70.2 Å². The summed E-state index contributed by atoms with van der Waals surface area (Å²) in [5, 5.41) is 0. The van der Waals surface area contributed by atoms with E-state index in [0.717, 1.165) is 27.9 Å². The van der Waals surface area contributed by atoms with Crippen molar-refractivity contribution in [1.29, 1.82) is 0 Å². The predicted molar refractivity (Wildman–Crippen MR) is 117 cm³/mol. The van der Waals surface area contributed by atoms with Crippen molar-refractivity contribution in [2.45, 2.75) is 53.4 Å². The monoisotopic (exact) mass is 401 g/mol. The number of aryl methyl sites for hydroxylation is 2. The summed E-state index contributed by atoms with van der Waals surface area (Å²) in [5.74, 6) is 5.91. The molecular weight excluding hydrogens is 374 g/mol. The highest BCUT2D eigenvalue weighted by atomic mass is 16.5. The third kappa shape index (κ3) is 4.68. The Morgan fingerprint density at radius 1 is 1.23 bits per heavy atom. The summed E-state index contributed by atoms with van der Waals surface area (Å²) >= 11 is 0. The molecule has 1 unspecified atom stereocenters. The molecule has 1 aliphatic rings. The molecule has 0 fully saturated rings. The lowest BCUT2D eigenvalue weighted by atomic mass is 9.89. The maximum Gasteiger partial charge on any atom is 0.310 e. The molecule has 1 aromatic carbocycles. The lowest BCUT2D eigenvalue weighted by molar-refractivity contribution is -0.139. The Morgan fingerprint density at radius 2 is 1.97 bits per heavy atom. The van der Waals surface area contributed by atoms with Crippen molar-refractivity contribution < 1.29 is 14.3 Å². The molecule has 0 N–H and O–H groups in total. The van der Waals surface area contributed by atoms with Crippen LogP contribution >= 0.6 is 0 Å². The Morgan fingerprint density at radius 3 is 2.57 bits per heavy atom. The highest BCUT2D eigenvalue weighted by Crippen LogP contribution is 2.40. The number of ether oxygens (including phenoxy) is 1. The van der Waals surface area contributed by atoms with E-state index < -0.39 is 0 Å². The summed E-state index contributed by atoms with van der Waals surface area (Å²) in [6, 6.07) is 9.66. The number of ketones is 1. The van der Waals surface area contributed by atoms with E-state index in [4.69, 9.17) is 4.74 Å².